The second kappa shape index (κ2) is 9.65. The van der Waals surface area contributed by atoms with E-state index in [2.05, 4.69) is 10.5 Å². The van der Waals surface area contributed by atoms with Crippen LogP contribution in [0.15, 0.2) is 65.8 Å². The number of methoxy groups -OCH3 is 1. The molecule has 0 aliphatic carbocycles. The fourth-order valence-corrected chi connectivity index (χ4v) is 4.76. The first kappa shape index (κ1) is 22.7. The van der Waals surface area contributed by atoms with Crippen molar-refractivity contribution < 1.29 is 28.5 Å². The highest BCUT2D eigenvalue weighted by Crippen LogP contribution is 2.38. The number of rotatable bonds is 6. The third-order valence-electron chi connectivity index (χ3n) is 5.13. The van der Waals surface area contributed by atoms with Crippen molar-refractivity contribution in [3.8, 4) is 23.0 Å². The summed E-state index contributed by atoms with van der Waals surface area (Å²) in [5.41, 5.74) is 3.55. The molecule has 1 aliphatic rings. The van der Waals surface area contributed by atoms with Crippen LogP contribution in [0.3, 0.4) is 0 Å². The number of fused-ring (bicyclic) bond motifs is 2. The summed E-state index contributed by atoms with van der Waals surface area (Å²) in [6.07, 6.45) is 1.48. The van der Waals surface area contributed by atoms with Crippen LogP contribution in [0.5, 0.6) is 23.0 Å². The molecule has 1 amide bonds. The molecule has 0 saturated heterocycles. The summed E-state index contributed by atoms with van der Waals surface area (Å²) in [5.74, 6) is 1.21. The first-order valence-corrected chi connectivity index (χ1v) is 11.5. The maximum atomic E-state index is 12.7. The molecule has 4 aromatic rings. The fraction of sp³-hybridized carbons (Fsp3) is 0.0800. The van der Waals surface area contributed by atoms with Gasteiger partial charge in [-0.25, -0.2) is 10.2 Å². The minimum absolute atomic E-state index is 0.135. The molecule has 0 radical (unpaired) electrons. The van der Waals surface area contributed by atoms with E-state index in [4.69, 9.17) is 30.5 Å². The number of benzene rings is 3. The van der Waals surface area contributed by atoms with Gasteiger partial charge < -0.3 is 18.9 Å². The van der Waals surface area contributed by atoms with Crippen molar-refractivity contribution in [1.82, 2.24) is 5.43 Å². The number of carbonyl (C=O) groups excluding carboxylic acids is 2. The van der Waals surface area contributed by atoms with Crippen molar-refractivity contribution in [2.45, 2.75) is 0 Å². The van der Waals surface area contributed by atoms with Crippen LogP contribution < -0.4 is 24.4 Å². The smallest absolute Gasteiger partial charge is 0.355 e. The number of hydrogen-bond donors (Lipinski definition) is 1. The van der Waals surface area contributed by atoms with Crippen molar-refractivity contribution in [1.29, 1.82) is 0 Å². The summed E-state index contributed by atoms with van der Waals surface area (Å²) >= 11 is 7.64. The van der Waals surface area contributed by atoms with Crippen LogP contribution in [0.1, 0.15) is 25.6 Å². The van der Waals surface area contributed by atoms with Gasteiger partial charge in [0.2, 0.25) is 6.79 Å². The zero-order chi connectivity index (χ0) is 24.4. The average Bonchev–Trinajstić information content (AvgIpc) is 3.48. The quantitative estimate of drug-likeness (QED) is 0.165. The number of hydrazone groups is 1. The van der Waals surface area contributed by atoms with Crippen LogP contribution in [0.25, 0.3) is 10.1 Å². The Morgan fingerprint density at radius 2 is 1.80 bits per heavy atom. The molecule has 1 aromatic heterocycles. The van der Waals surface area contributed by atoms with E-state index < -0.39 is 5.97 Å². The Balaban J connectivity index is 1.21. The van der Waals surface area contributed by atoms with E-state index in [1.165, 1.54) is 17.6 Å². The van der Waals surface area contributed by atoms with E-state index in [0.717, 1.165) is 10.1 Å². The lowest BCUT2D eigenvalue weighted by Crippen LogP contribution is -2.17. The lowest BCUT2D eigenvalue weighted by molar-refractivity contribution is 0.0739. The fourth-order valence-electron chi connectivity index (χ4n) is 3.35. The van der Waals surface area contributed by atoms with Crippen LogP contribution in [0.2, 0.25) is 5.02 Å². The zero-order valence-corrected chi connectivity index (χ0v) is 19.8. The summed E-state index contributed by atoms with van der Waals surface area (Å²) in [6, 6.07) is 17.0. The molecule has 35 heavy (non-hydrogen) atoms. The minimum atomic E-state index is -0.549. The molecule has 10 heteroatoms. The Morgan fingerprint density at radius 3 is 2.60 bits per heavy atom. The molecule has 5 rings (SSSR count). The Bertz CT molecular complexity index is 1470. The monoisotopic (exact) mass is 508 g/mol. The minimum Gasteiger partial charge on any atom is -0.497 e. The van der Waals surface area contributed by atoms with Crippen molar-refractivity contribution in [2.75, 3.05) is 13.9 Å². The van der Waals surface area contributed by atoms with Crippen LogP contribution in [0, 0.1) is 0 Å². The van der Waals surface area contributed by atoms with E-state index in [0.29, 0.717) is 44.0 Å². The van der Waals surface area contributed by atoms with Gasteiger partial charge in [-0.15, -0.1) is 11.3 Å². The average molecular weight is 509 g/mol. The first-order valence-electron chi connectivity index (χ1n) is 10.3. The number of nitrogens with one attached hydrogen (secondary N) is 1. The second-order valence-electron chi connectivity index (χ2n) is 7.33. The molecule has 0 bridgehead atoms. The molecule has 2 heterocycles. The van der Waals surface area contributed by atoms with Crippen LogP contribution in [-0.4, -0.2) is 32.0 Å². The third kappa shape index (κ3) is 4.77. The molecular weight excluding hydrogens is 492 g/mol. The van der Waals surface area contributed by atoms with Gasteiger partial charge in [0.25, 0.3) is 5.91 Å². The Kier molecular flexibility index (Phi) is 6.26. The van der Waals surface area contributed by atoms with E-state index in [1.807, 2.05) is 12.1 Å². The molecule has 0 spiro atoms. The van der Waals surface area contributed by atoms with Crippen LogP contribution in [-0.2, 0) is 0 Å². The van der Waals surface area contributed by atoms with Crippen LogP contribution in [0.4, 0.5) is 0 Å². The SMILES string of the molecule is COc1ccc2c(Cl)c(C(=O)Oc3ccc(/C=N/NC(=O)c4ccc5c(c4)OCO5)cc3)sc2c1. The molecule has 0 atom stereocenters. The highest BCUT2D eigenvalue weighted by molar-refractivity contribution is 7.21. The topological polar surface area (TPSA) is 95.5 Å². The highest BCUT2D eigenvalue weighted by atomic mass is 35.5. The standard InChI is InChI=1S/C25H17ClN2O6S/c1-31-17-7-8-18-21(11-17)35-23(22(18)26)25(30)34-16-5-2-14(3-6-16)12-27-28-24(29)15-4-9-19-20(10-15)33-13-32-19/h2-12H,13H2,1H3,(H,28,29)/b27-12+. The molecule has 1 aliphatic heterocycles. The van der Waals surface area contributed by atoms with Gasteiger partial charge >= 0.3 is 5.97 Å². The number of nitrogens with zero attached hydrogens (tertiary/aromatic N) is 1. The van der Waals surface area contributed by atoms with Gasteiger partial charge in [-0.1, -0.05) is 11.6 Å². The van der Waals surface area contributed by atoms with Gasteiger partial charge in [0, 0.05) is 15.6 Å². The number of halogens is 1. The molecule has 0 saturated carbocycles. The van der Waals surface area contributed by atoms with Crippen molar-refractivity contribution in [3.63, 3.8) is 0 Å². The maximum absolute atomic E-state index is 12.7. The molecule has 0 fully saturated rings. The molecule has 8 nitrogen and oxygen atoms in total. The summed E-state index contributed by atoms with van der Waals surface area (Å²) in [6.45, 7) is 0.135. The lowest BCUT2D eigenvalue weighted by atomic mass is 10.2. The van der Waals surface area contributed by atoms with E-state index >= 15 is 0 Å². The van der Waals surface area contributed by atoms with Gasteiger partial charge in [-0.05, 0) is 66.2 Å². The molecular formula is C25H17ClN2O6S. The maximum Gasteiger partial charge on any atom is 0.355 e. The van der Waals surface area contributed by atoms with Crippen molar-refractivity contribution in [2.24, 2.45) is 5.10 Å². The van der Waals surface area contributed by atoms with Crippen LogP contribution >= 0.6 is 22.9 Å². The van der Waals surface area contributed by atoms with E-state index in [1.54, 1.807) is 55.6 Å². The predicted molar refractivity (Wildman–Crippen MR) is 132 cm³/mol. The van der Waals surface area contributed by atoms with Crippen molar-refractivity contribution >= 4 is 51.1 Å². The molecule has 176 valence electrons. The Labute approximate surface area is 208 Å². The molecule has 0 unspecified atom stereocenters. The molecule has 3 aromatic carbocycles. The lowest BCUT2D eigenvalue weighted by Gasteiger charge is -2.04. The van der Waals surface area contributed by atoms with Gasteiger partial charge in [0.1, 0.15) is 16.4 Å². The Hall–Kier alpha value is -4.08. The Morgan fingerprint density at radius 1 is 1.03 bits per heavy atom. The van der Waals surface area contributed by atoms with Gasteiger partial charge in [0.15, 0.2) is 11.5 Å². The summed E-state index contributed by atoms with van der Waals surface area (Å²) in [4.78, 5) is 25.3. The second-order valence-corrected chi connectivity index (χ2v) is 8.76. The predicted octanol–water partition coefficient (Wildman–Crippen LogP) is 5.28. The van der Waals surface area contributed by atoms with Gasteiger partial charge in [-0.3, -0.25) is 4.79 Å². The van der Waals surface area contributed by atoms with Gasteiger partial charge in [-0.2, -0.15) is 5.10 Å². The summed E-state index contributed by atoms with van der Waals surface area (Å²) in [7, 11) is 1.58. The number of hydrogen-bond acceptors (Lipinski definition) is 8. The summed E-state index contributed by atoms with van der Waals surface area (Å²) in [5, 5.41) is 5.08. The number of carbonyl (C=O) groups is 2. The summed E-state index contributed by atoms with van der Waals surface area (Å²) < 4.78 is 22.0. The zero-order valence-electron chi connectivity index (χ0n) is 18.2. The first-order chi connectivity index (χ1) is 17.0. The van der Waals surface area contributed by atoms with Gasteiger partial charge in [0.05, 0.1) is 18.3 Å². The van der Waals surface area contributed by atoms with E-state index in [9.17, 15) is 9.59 Å². The normalized spacial score (nSPS) is 12.2. The highest BCUT2D eigenvalue weighted by Gasteiger charge is 2.20. The number of thiophene rings is 1. The number of ether oxygens (including phenoxy) is 4. The van der Waals surface area contributed by atoms with Crippen molar-refractivity contribution in [3.05, 3.63) is 81.7 Å². The third-order valence-corrected chi connectivity index (χ3v) is 6.76. The van der Waals surface area contributed by atoms with E-state index in [-0.39, 0.29) is 12.7 Å². The largest absolute Gasteiger partial charge is 0.497 e. The number of amides is 1. The number of esters is 1. The molecule has 1 N–H and O–H groups in total.